The molecule has 7 heteroatoms. The zero-order valence-corrected chi connectivity index (χ0v) is 17.8. The molecule has 0 fully saturated rings. The van der Waals surface area contributed by atoms with Gasteiger partial charge in [-0.2, -0.15) is 0 Å². The highest BCUT2D eigenvalue weighted by Crippen LogP contribution is 2.19. The van der Waals surface area contributed by atoms with Gasteiger partial charge in [-0.3, -0.25) is 4.99 Å². The first kappa shape index (κ1) is 20.7. The number of anilines is 1. The number of hydrogen-bond donors (Lipinski definition) is 2. The van der Waals surface area contributed by atoms with Crippen molar-refractivity contribution in [3.05, 3.63) is 46.3 Å². The van der Waals surface area contributed by atoms with Gasteiger partial charge in [0.25, 0.3) is 0 Å². The van der Waals surface area contributed by atoms with Crippen LogP contribution in [0.3, 0.4) is 0 Å². The van der Waals surface area contributed by atoms with Crippen molar-refractivity contribution in [2.75, 3.05) is 32.6 Å². The summed E-state index contributed by atoms with van der Waals surface area (Å²) in [6, 6.07) is 8.36. The zero-order chi connectivity index (χ0) is 16.7. The van der Waals surface area contributed by atoms with Gasteiger partial charge in [0.1, 0.15) is 5.82 Å². The summed E-state index contributed by atoms with van der Waals surface area (Å²) < 4.78 is 0. The van der Waals surface area contributed by atoms with E-state index in [9.17, 15) is 0 Å². The third-order valence-corrected chi connectivity index (χ3v) is 4.66. The van der Waals surface area contributed by atoms with E-state index in [1.807, 2.05) is 31.3 Å². The number of guanidine groups is 1. The summed E-state index contributed by atoms with van der Waals surface area (Å²) in [5.41, 5.74) is 1.18. The molecule has 5 nitrogen and oxygen atoms in total. The Morgan fingerprint density at radius 3 is 2.75 bits per heavy atom. The predicted molar refractivity (Wildman–Crippen MR) is 115 cm³/mol. The molecule has 0 aromatic carbocycles. The summed E-state index contributed by atoms with van der Waals surface area (Å²) in [6.07, 6.45) is 1.83. The number of pyridine rings is 1. The van der Waals surface area contributed by atoms with Crippen molar-refractivity contribution in [2.45, 2.75) is 19.4 Å². The summed E-state index contributed by atoms with van der Waals surface area (Å²) in [6.45, 7) is 3.80. The molecule has 2 aromatic heterocycles. The predicted octanol–water partition coefficient (Wildman–Crippen LogP) is 3.30. The van der Waals surface area contributed by atoms with Gasteiger partial charge < -0.3 is 15.5 Å². The van der Waals surface area contributed by atoms with Crippen molar-refractivity contribution in [3.8, 4) is 0 Å². The van der Waals surface area contributed by atoms with Crippen molar-refractivity contribution in [3.63, 3.8) is 0 Å². The van der Waals surface area contributed by atoms with Crippen LogP contribution in [-0.4, -0.2) is 38.6 Å². The molecule has 1 atom stereocenters. The SMILES string of the molecule is CN=C(NCc1ccnc(N(C)C)c1)NCC(C)c1cccs1.I. The Labute approximate surface area is 165 Å². The molecule has 24 heavy (non-hydrogen) atoms. The maximum atomic E-state index is 4.33. The highest BCUT2D eigenvalue weighted by atomic mass is 127. The number of nitrogens with one attached hydrogen (secondary N) is 2. The van der Waals surface area contributed by atoms with Gasteiger partial charge in [0, 0.05) is 51.2 Å². The molecular formula is C17H26IN5S. The molecule has 0 aliphatic rings. The molecule has 0 aliphatic carbocycles. The number of aromatic nitrogens is 1. The summed E-state index contributed by atoms with van der Waals surface area (Å²) in [5.74, 6) is 2.24. The van der Waals surface area contributed by atoms with Gasteiger partial charge in [-0.05, 0) is 29.1 Å². The van der Waals surface area contributed by atoms with Crippen molar-refractivity contribution in [1.29, 1.82) is 0 Å². The molecule has 2 N–H and O–H groups in total. The average molecular weight is 459 g/mol. The molecule has 2 heterocycles. The third-order valence-electron chi connectivity index (χ3n) is 3.56. The van der Waals surface area contributed by atoms with E-state index < -0.39 is 0 Å². The lowest BCUT2D eigenvalue weighted by Gasteiger charge is -2.16. The summed E-state index contributed by atoms with van der Waals surface area (Å²) in [7, 11) is 5.78. The Morgan fingerprint density at radius 2 is 2.12 bits per heavy atom. The van der Waals surface area contributed by atoms with Crippen LogP contribution < -0.4 is 15.5 Å². The first-order valence-corrected chi connectivity index (χ1v) is 8.58. The topological polar surface area (TPSA) is 52.6 Å². The number of aliphatic imine (C=N–C) groups is 1. The molecule has 0 bridgehead atoms. The molecule has 0 aliphatic heterocycles. The van der Waals surface area contributed by atoms with E-state index in [1.54, 1.807) is 18.4 Å². The molecule has 0 amide bonds. The van der Waals surface area contributed by atoms with Crippen LogP contribution in [0, 0.1) is 0 Å². The highest BCUT2D eigenvalue weighted by Gasteiger charge is 2.07. The standard InChI is InChI=1S/C17H25N5S.HI/c1-13(15-6-5-9-23-15)11-20-17(18-2)21-12-14-7-8-19-16(10-14)22(3)4;/h5-10,13H,11-12H2,1-4H3,(H2,18,20,21);1H. The summed E-state index contributed by atoms with van der Waals surface area (Å²) in [5, 5.41) is 8.85. The summed E-state index contributed by atoms with van der Waals surface area (Å²) >= 11 is 1.79. The van der Waals surface area contributed by atoms with Crippen LogP contribution in [0.5, 0.6) is 0 Å². The smallest absolute Gasteiger partial charge is 0.191 e. The molecular weight excluding hydrogens is 433 g/mol. The maximum absolute atomic E-state index is 4.33. The molecule has 0 saturated heterocycles. The molecule has 0 radical (unpaired) electrons. The van der Waals surface area contributed by atoms with Gasteiger partial charge in [0.2, 0.25) is 0 Å². The minimum absolute atomic E-state index is 0. The van der Waals surface area contributed by atoms with Crippen molar-refractivity contribution in [2.24, 2.45) is 4.99 Å². The van der Waals surface area contributed by atoms with Crippen LogP contribution in [0.1, 0.15) is 23.3 Å². The molecule has 1 unspecified atom stereocenters. The summed E-state index contributed by atoms with van der Waals surface area (Å²) in [4.78, 5) is 12.0. The van der Waals surface area contributed by atoms with Crippen LogP contribution in [-0.2, 0) is 6.54 Å². The number of hydrogen-bond acceptors (Lipinski definition) is 4. The largest absolute Gasteiger partial charge is 0.363 e. The zero-order valence-electron chi connectivity index (χ0n) is 14.6. The van der Waals surface area contributed by atoms with Gasteiger partial charge in [0.15, 0.2) is 5.96 Å². The fraction of sp³-hybridized carbons (Fsp3) is 0.412. The van der Waals surface area contributed by atoms with Crippen LogP contribution in [0.15, 0.2) is 40.8 Å². The van der Waals surface area contributed by atoms with Crippen molar-refractivity contribution >= 4 is 47.1 Å². The average Bonchev–Trinajstić information content (AvgIpc) is 3.09. The Bertz CT molecular complexity index is 628. The Kier molecular flexibility index (Phi) is 9.05. The third kappa shape index (κ3) is 6.27. The Hall–Kier alpha value is -1.35. The van der Waals surface area contributed by atoms with Gasteiger partial charge in [-0.15, -0.1) is 35.3 Å². The van der Waals surface area contributed by atoms with Gasteiger partial charge >= 0.3 is 0 Å². The van der Waals surface area contributed by atoms with Crippen molar-refractivity contribution < 1.29 is 0 Å². The van der Waals surface area contributed by atoms with Crippen LogP contribution in [0.25, 0.3) is 0 Å². The van der Waals surface area contributed by atoms with Gasteiger partial charge in [-0.1, -0.05) is 13.0 Å². The monoisotopic (exact) mass is 459 g/mol. The van der Waals surface area contributed by atoms with E-state index in [4.69, 9.17) is 0 Å². The van der Waals surface area contributed by atoms with Gasteiger partial charge in [0.05, 0.1) is 0 Å². The molecule has 2 rings (SSSR count). The molecule has 0 saturated carbocycles. The Balaban J connectivity index is 0.00000288. The minimum atomic E-state index is 0. The number of halogens is 1. The molecule has 0 spiro atoms. The van der Waals surface area contributed by atoms with E-state index in [0.29, 0.717) is 5.92 Å². The molecule has 132 valence electrons. The Morgan fingerprint density at radius 1 is 1.33 bits per heavy atom. The number of rotatable bonds is 6. The second kappa shape index (κ2) is 10.5. The van der Waals surface area contributed by atoms with E-state index in [-0.39, 0.29) is 24.0 Å². The first-order chi connectivity index (χ1) is 11.1. The lowest BCUT2D eigenvalue weighted by Crippen LogP contribution is -2.38. The lowest BCUT2D eigenvalue weighted by molar-refractivity contribution is 0.708. The maximum Gasteiger partial charge on any atom is 0.191 e. The second-order valence-electron chi connectivity index (χ2n) is 5.64. The second-order valence-corrected chi connectivity index (χ2v) is 6.62. The quantitative estimate of drug-likeness (QED) is 0.396. The van der Waals surface area contributed by atoms with E-state index >= 15 is 0 Å². The fourth-order valence-corrected chi connectivity index (χ4v) is 2.93. The fourth-order valence-electron chi connectivity index (χ4n) is 2.14. The lowest BCUT2D eigenvalue weighted by atomic mass is 10.1. The van der Waals surface area contributed by atoms with Crippen LogP contribution in [0.2, 0.25) is 0 Å². The number of nitrogens with zero attached hydrogens (tertiary/aromatic N) is 3. The van der Waals surface area contributed by atoms with Crippen LogP contribution in [0.4, 0.5) is 5.82 Å². The van der Waals surface area contributed by atoms with Crippen LogP contribution >= 0.6 is 35.3 Å². The molecule has 2 aromatic rings. The minimum Gasteiger partial charge on any atom is -0.363 e. The van der Waals surface area contributed by atoms with E-state index in [0.717, 1.165) is 24.9 Å². The normalized spacial score (nSPS) is 12.2. The van der Waals surface area contributed by atoms with E-state index in [1.165, 1.54) is 10.4 Å². The van der Waals surface area contributed by atoms with Crippen molar-refractivity contribution in [1.82, 2.24) is 15.6 Å². The van der Waals surface area contributed by atoms with Gasteiger partial charge in [-0.25, -0.2) is 4.98 Å². The first-order valence-electron chi connectivity index (χ1n) is 7.70. The highest BCUT2D eigenvalue weighted by molar-refractivity contribution is 14.0. The van der Waals surface area contributed by atoms with E-state index in [2.05, 4.69) is 51.1 Å². The number of thiophene rings is 1.